The van der Waals surface area contributed by atoms with Gasteiger partial charge < -0.3 is 5.32 Å². The van der Waals surface area contributed by atoms with Crippen LogP contribution in [0.2, 0.25) is 0 Å². The van der Waals surface area contributed by atoms with Gasteiger partial charge in [0.25, 0.3) is 0 Å². The van der Waals surface area contributed by atoms with Gasteiger partial charge in [0, 0.05) is 24.1 Å². The quantitative estimate of drug-likeness (QED) is 0.767. The standard InChI is InChI=1S/C11H20N2S2/c1-11(2)7-12-10(15-8-11)13-9-4-3-5-14-6-9/h9H,3-8H2,1-2H3,(H,12,13). The highest BCUT2D eigenvalue weighted by molar-refractivity contribution is 8.13. The molecule has 86 valence electrons. The molecule has 0 amide bonds. The van der Waals surface area contributed by atoms with Crippen LogP contribution >= 0.6 is 23.5 Å². The van der Waals surface area contributed by atoms with Crippen LogP contribution < -0.4 is 5.32 Å². The van der Waals surface area contributed by atoms with Gasteiger partial charge in [-0.2, -0.15) is 11.8 Å². The smallest absolute Gasteiger partial charge is 0.156 e. The Balaban J connectivity index is 1.82. The highest BCUT2D eigenvalue weighted by Gasteiger charge is 2.24. The monoisotopic (exact) mass is 244 g/mol. The molecule has 0 aliphatic carbocycles. The first-order chi connectivity index (χ1) is 7.16. The summed E-state index contributed by atoms with van der Waals surface area (Å²) in [5.41, 5.74) is 0.386. The summed E-state index contributed by atoms with van der Waals surface area (Å²) >= 11 is 3.96. The van der Waals surface area contributed by atoms with Gasteiger partial charge >= 0.3 is 0 Å². The first kappa shape index (κ1) is 11.6. The Labute approximate surface area is 101 Å². The van der Waals surface area contributed by atoms with Crippen LogP contribution in [0, 0.1) is 5.41 Å². The van der Waals surface area contributed by atoms with Gasteiger partial charge in [-0.3, -0.25) is 4.99 Å². The lowest BCUT2D eigenvalue weighted by Gasteiger charge is -2.30. The molecule has 0 aromatic carbocycles. The van der Waals surface area contributed by atoms with Crippen molar-refractivity contribution in [1.82, 2.24) is 5.32 Å². The second-order valence-corrected chi connectivity index (χ2v) is 7.25. The van der Waals surface area contributed by atoms with Crippen LogP contribution in [-0.4, -0.2) is 35.0 Å². The fourth-order valence-electron chi connectivity index (χ4n) is 1.76. The number of thioether (sulfide) groups is 2. The predicted octanol–water partition coefficient (Wildman–Crippen LogP) is 2.60. The zero-order chi connectivity index (χ0) is 10.7. The molecule has 2 rings (SSSR count). The Morgan fingerprint density at radius 1 is 1.47 bits per heavy atom. The molecule has 4 heteroatoms. The topological polar surface area (TPSA) is 24.4 Å². The lowest BCUT2D eigenvalue weighted by Crippen LogP contribution is -2.40. The van der Waals surface area contributed by atoms with Gasteiger partial charge in [-0.1, -0.05) is 25.6 Å². The molecule has 2 nitrogen and oxygen atoms in total. The molecule has 1 saturated heterocycles. The van der Waals surface area contributed by atoms with Crippen LogP contribution in [0.4, 0.5) is 0 Å². The van der Waals surface area contributed by atoms with E-state index in [1.54, 1.807) is 0 Å². The molecule has 1 atom stereocenters. The van der Waals surface area contributed by atoms with Crippen molar-refractivity contribution < 1.29 is 0 Å². The van der Waals surface area contributed by atoms with Gasteiger partial charge in [-0.05, 0) is 24.0 Å². The number of hydrogen-bond donors (Lipinski definition) is 1. The van der Waals surface area contributed by atoms with Gasteiger partial charge in [-0.25, -0.2) is 0 Å². The SMILES string of the molecule is CC1(C)CN=C(NC2CCCSC2)SC1. The van der Waals surface area contributed by atoms with Crippen LogP contribution in [0.25, 0.3) is 0 Å². The molecular formula is C11H20N2S2. The average Bonchev–Trinajstić information content (AvgIpc) is 2.23. The molecule has 2 aliphatic heterocycles. The fraction of sp³-hybridized carbons (Fsp3) is 0.909. The van der Waals surface area contributed by atoms with E-state index in [4.69, 9.17) is 0 Å². The summed E-state index contributed by atoms with van der Waals surface area (Å²) in [5.74, 6) is 3.78. The largest absolute Gasteiger partial charge is 0.361 e. The second kappa shape index (κ2) is 5.00. The summed E-state index contributed by atoms with van der Waals surface area (Å²) < 4.78 is 0. The molecule has 1 N–H and O–H groups in total. The summed E-state index contributed by atoms with van der Waals surface area (Å²) in [4.78, 5) is 4.64. The zero-order valence-corrected chi connectivity index (χ0v) is 11.2. The molecule has 0 bridgehead atoms. The molecule has 2 aliphatic rings. The number of aliphatic imine (C=N–C) groups is 1. The molecule has 15 heavy (non-hydrogen) atoms. The predicted molar refractivity (Wildman–Crippen MR) is 72.0 cm³/mol. The third kappa shape index (κ3) is 3.59. The molecule has 1 fully saturated rings. The molecule has 2 heterocycles. The van der Waals surface area contributed by atoms with Crippen LogP contribution in [0.3, 0.4) is 0 Å². The number of hydrogen-bond acceptors (Lipinski definition) is 4. The van der Waals surface area contributed by atoms with E-state index in [0.717, 1.165) is 6.54 Å². The van der Waals surface area contributed by atoms with Crippen molar-refractivity contribution in [3.63, 3.8) is 0 Å². The molecule has 0 aromatic rings. The first-order valence-corrected chi connectivity index (χ1v) is 7.81. The van der Waals surface area contributed by atoms with E-state index in [0.29, 0.717) is 11.5 Å². The maximum atomic E-state index is 4.64. The highest BCUT2D eigenvalue weighted by Crippen LogP contribution is 2.27. The van der Waals surface area contributed by atoms with Gasteiger partial charge in [-0.15, -0.1) is 0 Å². The van der Waals surface area contributed by atoms with Crippen molar-refractivity contribution in [1.29, 1.82) is 0 Å². The minimum Gasteiger partial charge on any atom is -0.361 e. The Hall–Kier alpha value is 0.170. The van der Waals surface area contributed by atoms with Crippen molar-refractivity contribution in [2.24, 2.45) is 10.4 Å². The van der Waals surface area contributed by atoms with Gasteiger partial charge in [0.15, 0.2) is 5.17 Å². The van der Waals surface area contributed by atoms with Crippen LogP contribution in [-0.2, 0) is 0 Å². The zero-order valence-electron chi connectivity index (χ0n) is 9.58. The Morgan fingerprint density at radius 2 is 2.33 bits per heavy atom. The van der Waals surface area contributed by atoms with Crippen LogP contribution in [0.15, 0.2) is 4.99 Å². The van der Waals surface area contributed by atoms with E-state index in [1.807, 2.05) is 11.8 Å². The maximum absolute atomic E-state index is 4.64. The lowest BCUT2D eigenvalue weighted by molar-refractivity contribution is 0.435. The third-order valence-electron chi connectivity index (χ3n) is 2.74. The number of nitrogens with one attached hydrogen (secondary N) is 1. The molecule has 1 unspecified atom stereocenters. The van der Waals surface area contributed by atoms with E-state index < -0.39 is 0 Å². The van der Waals surface area contributed by atoms with Gasteiger partial charge in [0.1, 0.15) is 0 Å². The third-order valence-corrected chi connectivity index (χ3v) is 5.40. The number of nitrogens with zero attached hydrogens (tertiary/aromatic N) is 1. The van der Waals surface area contributed by atoms with Gasteiger partial charge in [0.2, 0.25) is 0 Å². The maximum Gasteiger partial charge on any atom is 0.156 e. The van der Waals surface area contributed by atoms with Crippen molar-refractivity contribution in [3.8, 4) is 0 Å². The Bertz CT molecular complexity index is 245. The van der Waals surface area contributed by atoms with Crippen molar-refractivity contribution in [2.75, 3.05) is 23.8 Å². The van der Waals surface area contributed by atoms with Crippen LogP contribution in [0.5, 0.6) is 0 Å². The number of rotatable bonds is 1. The van der Waals surface area contributed by atoms with E-state index >= 15 is 0 Å². The van der Waals surface area contributed by atoms with Gasteiger partial charge in [0.05, 0.1) is 0 Å². The van der Waals surface area contributed by atoms with E-state index in [-0.39, 0.29) is 0 Å². The second-order valence-electron chi connectivity index (χ2n) is 5.13. The molecular weight excluding hydrogens is 224 g/mol. The molecule has 0 aromatic heterocycles. The number of amidine groups is 1. The van der Waals surface area contributed by atoms with Crippen LogP contribution in [0.1, 0.15) is 26.7 Å². The fourth-order valence-corrected chi connectivity index (χ4v) is 3.85. The van der Waals surface area contributed by atoms with Crippen molar-refractivity contribution in [2.45, 2.75) is 32.7 Å². The van der Waals surface area contributed by atoms with Crippen molar-refractivity contribution in [3.05, 3.63) is 0 Å². The Kier molecular flexibility index (Phi) is 3.88. The van der Waals surface area contributed by atoms with Crippen molar-refractivity contribution >= 4 is 28.7 Å². The summed E-state index contributed by atoms with van der Waals surface area (Å²) in [6.07, 6.45) is 2.67. The highest BCUT2D eigenvalue weighted by atomic mass is 32.2. The minimum absolute atomic E-state index is 0.386. The summed E-state index contributed by atoms with van der Waals surface area (Å²) in [6, 6.07) is 0.663. The van der Waals surface area contributed by atoms with E-state index in [1.165, 1.54) is 35.3 Å². The minimum atomic E-state index is 0.386. The normalized spacial score (nSPS) is 30.8. The van der Waals surface area contributed by atoms with E-state index in [9.17, 15) is 0 Å². The Morgan fingerprint density at radius 3 is 2.93 bits per heavy atom. The average molecular weight is 244 g/mol. The van der Waals surface area contributed by atoms with E-state index in [2.05, 4.69) is 35.9 Å². The summed E-state index contributed by atoms with van der Waals surface area (Å²) in [6.45, 7) is 5.55. The summed E-state index contributed by atoms with van der Waals surface area (Å²) in [7, 11) is 0. The molecule has 0 spiro atoms. The molecule has 0 radical (unpaired) electrons. The summed E-state index contributed by atoms with van der Waals surface area (Å²) in [5, 5.41) is 4.77. The lowest BCUT2D eigenvalue weighted by atomic mass is 9.97. The molecule has 0 saturated carbocycles. The first-order valence-electron chi connectivity index (χ1n) is 5.67.